The van der Waals surface area contributed by atoms with Gasteiger partial charge in [0.2, 0.25) is 0 Å². The van der Waals surface area contributed by atoms with E-state index in [4.69, 9.17) is 0 Å². The van der Waals surface area contributed by atoms with Crippen LogP contribution in [0, 0.1) is 0 Å². The number of amides is 1. The fourth-order valence-electron chi connectivity index (χ4n) is 0.261. The van der Waals surface area contributed by atoms with Gasteiger partial charge in [-0.2, -0.15) is 0 Å². The molecule has 4 nitrogen and oxygen atoms in total. The molecule has 62 valence electrons. The molecule has 0 heterocycles. The van der Waals surface area contributed by atoms with Crippen molar-refractivity contribution < 1.29 is 9.53 Å². The highest BCUT2D eigenvalue weighted by atomic mass is 28.3. The van der Waals surface area contributed by atoms with Crippen molar-refractivity contribution in [3.8, 4) is 0 Å². The van der Waals surface area contributed by atoms with Gasteiger partial charge in [-0.1, -0.05) is 0 Å². The zero-order chi connectivity index (χ0) is 8.91. The zero-order valence-electron chi connectivity index (χ0n) is 7.21. The number of ether oxygens (including phenoxy) is 1. The molecule has 11 heavy (non-hydrogen) atoms. The molecule has 0 radical (unpaired) electrons. The quantitative estimate of drug-likeness (QED) is 0.447. The highest BCUT2D eigenvalue weighted by molar-refractivity contribution is 6.75. The van der Waals surface area contributed by atoms with Crippen molar-refractivity contribution in [2.75, 3.05) is 7.11 Å². The van der Waals surface area contributed by atoms with Crippen LogP contribution in [0.3, 0.4) is 0 Å². The predicted molar refractivity (Wildman–Crippen MR) is 45.6 cm³/mol. The van der Waals surface area contributed by atoms with E-state index in [1.807, 2.05) is 19.6 Å². The van der Waals surface area contributed by atoms with E-state index in [-0.39, 0.29) is 0 Å². The van der Waals surface area contributed by atoms with Crippen molar-refractivity contribution in [3.63, 3.8) is 0 Å². The van der Waals surface area contributed by atoms with Gasteiger partial charge in [-0.25, -0.2) is 4.79 Å². The molecule has 0 aliphatic heterocycles. The van der Waals surface area contributed by atoms with E-state index < -0.39 is 14.3 Å². The Balaban J connectivity index is 4.12. The molecule has 1 amide bonds. The van der Waals surface area contributed by atoms with E-state index in [0.29, 0.717) is 0 Å². The molecule has 0 aliphatic rings. The van der Waals surface area contributed by atoms with Crippen LogP contribution in [0.5, 0.6) is 0 Å². The molecule has 0 aromatic rings. The molecule has 0 unspecified atom stereocenters. The second-order valence-corrected chi connectivity index (χ2v) is 7.53. The van der Waals surface area contributed by atoms with Crippen molar-refractivity contribution in [3.05, 3.63) is 0 Å². The van der Waals surface area contributed by atoms with Crippen LogP contribution in [-0.2, 0) is 4.74 Å². The molecule has 0 spiro atoms. The largest absolute Gasteiger partial charge is 0.451 e. The van der Waals surface area contributed by atoms with Crippen molar-refractivity contribution in [2.24, 2.45) is 9.65 Å². The van der Waals surface area contributed by atoms with Crippen molar-refractivity contribution in [1.82, 2.24) is 0 Å². The highest BCUT2D eigenvalue weighted by Crippen LogP contribution is 1.98. The van der Waals surface area contributed by atoms with Gasteiger partial charge in [-0.15, -0.1) is 4.99 Å². The summed E-state index contributed by atoms with van der Waals surface area (Å²) < 4.78 is 8.22. The van der Waals surface area contributed by atoms with Crippen LogP contribution in [0.1, 0.15) is 0 Å². The molecule has 0 saturated carbocycles. The number of rotatable bonds is 1. The van der Waals surface area contributed by atoms with E-state index in [0.717, 1.165) is 0 Å². The van der Waals surface area contributed by atoms with Crippen molar-refractivity contribution in [1.29, 1.82) is 0 Å². The number of carbonyl (C=O) groups is 1. The van der Waals surface area contributed by atoms with Crippen LogP contribution >= 0.6 is 0 Å². The van der Waals surface area contributed by atoms with E-state index in [2.05, 4.69) is 20.4 Å². The third-order valence-electron chi connectivity index (χ3n) is 0.701. The molecule has 0 bridgehead atoms. The number of methoxy groups -OCH3 is 1. The topological polar surface area (TPSA) is 51.0 Å². The monoisotopic (exact) mass is 172 g/mol. The Morgan fingerprint density at radius 2 is 2.00 bits per heavy atom. The van der Waals surface area contributed by atoms with Gasteiger partial charge in [0, 0.05) is 0 Å². The molecule has 0 saturated heterocycles. The fourth-order valence-corrected chi connectivity index (χ4v) is 0.611. The van der Waals surface area contributed by atoms with Crippen LogP contribution in [-0.4, -0.2) is 27.4 Å². The second-order valence-electron chi connectivity index (χ2n) is 2.96. The minimum atomic E-state index is -1.52. The molecule has 0 aliphatic carbocycles. The van der Waals surface area contributed by atoms with Gasteiger partial charge >= 0.3 is 6.09 Å². The summed E-state index contributed by atoms with van der Waals surface area (Å²) in [5, 5.41) is 0. The van der Waals surface area contributed by atoms with Gasteiger partial charge in [-0.3, -0.25) is 4.66 Å². The van der Waals surface area contributed by atoms with Crippen LogP contribution in [0.25, 0.3) is 0 Å². The SMILES string of the molecule is COC(=O)N=C=N[Si](C)(C)C. The minimum Gasteiger partial charge on any atom is -0.451 e. The second kappa shape index (κ2) is 4.05. The lowest BCUT2D eigenvalue weighted by Gasteiger charge is -2.02. The summed E-state index contributed by atoms with van der Waals surface area (Å²) in [5.74, 6) is 0. The normalized spacial score (nSPS) is 9.82. The summed E-state index contributed by atoms with van der Waals surface area (Å²) in [5.41, 5.74) is 0. The fraction of sp³-hybridized carbons (Fsp3) is 0.667. The zero-order valence-corrected chi connectivity index (χ0v) is 8.21. The lowest BCUT2D eigenvalue weighted by molar-refractivity contribution is 0.183. The van der Waals surface area contributed by atoms with E-state index in [1.54, 1.807) is 0 Å². The standard InChI is InChI=1S/C6H12N2O2Si/c1-10-6(9)7-5-8-11(2,3)4/h1-4H3. The molecule has 0 N–H and O–H groups in total. The average Bonchev–Trinajstić information content (AvgIpc) is 1.85. The van der Waals surface area contributed by atoms with E-state index in [9.17, 15) is 4.79 Å². The molecule has 0 rings (SSSR count). The lowest BCUT2D eigenvalue weighted by atomic mass is 11.2. The minimum absolute atomic E-state index is 0.660. The van der Waals surface area contributed by atoms with E-state index in [1.165, 1.54) is 7.11 Å². The third-order valence-corrected chi connectivity index (χ3v) is 1.47. The first-order chi connectivity index (χ1) is 4.95. The molecule has 0 atom stereocenters. The maximum absolute atomic E-state index is 10.4. The number of nitrogens with zero attached hydrogens (tertiary/aromatic N) is 2. The summed E-state index contributed by atoms with van der Waals surface area (Å²) in [7, 11) is -0.259. The van der Waals surface area contributed by atoms with Gasteiger partial charge in [-0.05, 0) is 19.6 Å². The first kappa shape index (κ1) is 10.1. The smallest absolute Gasteiger partial charge is 0.442 e. The summed E-state index contributed by atoms with van der Waals surface area (Å²) >= 11 is 0. The Kier molecular flexibility index (Phi) is 3.71. The lowest BCUT2D eigenvalue weighted by Crippen LogP contribution is -2.15. The molecule has 0 fully saturated rings. The van der Waals surface area contributed by atoms with Gasteiger partial charge in [0.15, 0.2) is 8.24 Å². The third kappa shape index (κ3) is 6.96. The molecule has 0 aromatic heterocycles. The Labute approximate surface area is 67.1 Å². The Bertz CT molecular complexity index is 201. The summed E-state index contributed by atoms with van der Waals surface area (Å²) in [4.78, 5) is 13.7. The van der Waals surface area contributed by atoms with Gasteiger partial charge in [0.05, 0.1) is 13.1 Å². The first-order valence-corrected chi connectivity index (χ1v) is 6.66. The van der Waals surface area contributed by atoms with Gasteiger partial charge in [0.1, 0.15) is 0 Å². The summed E-state index contributed by atoms with van der Waals surface area (Å²) in [6.07, 6.45) is -0.660. The predicted octanol–water partition coefficient (Wildman–Crippen LogP) is 1.76. The van der Waals surface area contributed by atoms with Crippen LogP contribution in [0.2, 0.25) is 19.6 Å². The Hall–Kier alpha value is -0.933. The first-order valence-electron chi connectivity index (χ1n) is 3.21. The van der Waals surface area contributed by atoms with Crippen LogP contribution in [0.15, 0.2) is 9.65 Å². The number of hydrogen-bond acceptors (Lipinski definition) is 3. The molecule has 5 heteroatoms. The molecule has 0 aromatic carbocycles. The van der Waals surface area contributed by atoms with Gasteiger partial charge < -0.3 is 4.74 Å². The average molecular weight is 172 g/mol. The Morgan fingerprint density at radius 1 is 1.45 bits per heavy atom. The summed E-state index contributed by atoms with van der Waals surface area (Å²) in [6, 6.07) is 2.31. The number of carbonyl (C=O) groups excluding carboxylic acids is 1. The highest BCUT2D eigenvalue weighted by Gasteiger charge is 2.09. The number of aliphatic imine (C=N–C) groups is 1. The van der Waals surface area contributed by atoms with E-state index >= 15 is 0 Å². The Morgan fingerprint density at radius 3 is 2.36 bits per heavy atom. The summed E-state index contributed by atoms with van der Waals surface area (Å²) in [6.45, 7) is 6.06. The molecular weight excluding hydrogens is 160 g/mol. The van der Waals surface area contributed by atoms with Gasteiger partial charge in [0.25, 0.3) is 0 Å². The number of hydrogen-bond donors (Lipinski definition) is 0. The van der Waals surface area contributed by atoms with Crippen molar-refractivity contribution >= 4 is 20.3 Å². The van der Waals surface area contributed by atoms with Crippen LogP contribution in [0.4, 0.5) is 4.79 Å². The van der Waals surface area contributed by atoms with Crippen molar-refractivity contribution in [2.45, 2.75) is 19.6 Å². The van der Waals surface area contributed by atoms with Crippen LogP contribution < -0.4 is 0 Å². The maximum atomic E-state index is 10.4. The molecular formula is C6H12N2O2Si. The maximum Gasteiger partial charge on any atom is 0.442 e.